The predicted octanol–water partition coefficient (Wildman–Crippen LogP) is 4.50. The minimum atomic E-state index is -4.41. The molecule has 0 atom stereocenters. The first-order valence-corrected chi connectivity index (χ1v) is 8.34. The number of benzene rings is 2. The summed E-state index contributed by atoms with van der Waals surface area (Å²) in [6.07, 6.45) is -4.41. The van der Waals surface area contributed by atoms with Crippen LogP contribution in [0.1, 0.15) is 10.4 Å². The Morgan fingerprint density at radius 2 is 1.65 bits per heavy atom. The number of ether oxygens (including phenoxy) is 3. The molecular formula is C17H15F3INO4. The molecule has 26 heavy (non-hydrogen) atoms. The summed E-state index contributed by atoms with van der Waals surface area (Å²) in [5, 5.41) is 2.67. The maximum Gasteiger partial charge on any atom is 0.422 e. The Morgan fingerprint density at radius 3 is 2.19 bits per heavy atom. The lowest BCUT2D eigenvalue weighted by atomic mass is 10.2. The SMILES string of the molecule is COc1cc(I)c(C(=O)Nc2ccc(OCC(F)(F)F)cc2)cc1OC. The Balaban J connectivity index is 2.10. The number of nitrogens with one attached hydrogen (secondary N) is 1. The number of hydrogen-bond acceptors (Lipinski definition) is 4. The van der Waals surface area contributed by atoms with E-state index in [2.05, 4.69) is 10.1 Å². The van der Waals surface area contributed by atoms with Crippen molar-refractivity contribution < 1.29 is 32.2 Å². The van der Waals surface area contributed by atoms with Gasteiger partial charge in [0.2, 0.25) is 0 Å². The van der Waals surface area contributed by atoms with Crippen molar-refractivity contribution >= 4 is 34.2 Å². The van der Waals surface area contributed by atoms with E-state index in [0.717, 1.165) is 0 Å². The topological polar surface area (TPSA) is 56.8 Å². The number of hydrogen-bond donors (Lipinski definition) is 1. The summed E-state index contributed by atoms with van der Waals surface area (Å²) in [6, 6.07) is 8.83. The van der Waals surface area contributed by atoms with Gasteiger partial charge in [0.05, 0.1) is 19.8 Å². The molecule has 0 aromatic heterocycles. The molecule has 0 saturated heterocycles. The molecule has 0 bridgehead atoms. The zero-order chi connectivity index (χ0) is 19.3. The second kappa shape index (κ2) is 8.47. The number of carbonyl (C=O) groups excluding carboxylic acids is 1. The van der Waals surface area contributed by atoms with Crippen LogP contribution in [-0.4, -0.2) is 32.9 Å². The van der Waals surface area contributed by atoms with Crippen LogP contribution in [-0.2, 0) is 0 Å². The molecule has 9 heteroatoms. The molecule has 0 spiro atoms. The lowest BCUT2D eigenvalue weighted by molar-refractivity contribution is -0.153. The van der Waals surface area contributed by atoms with Gasteiger partial charge in [-0.25, -0.2) is 0 Å². The molecule has 1 amide bonds. The van der Waals surface area contributed by atoms with Crippen molar-refractivity contribution in [2.45, 2.75) is 6.18 Å². The third-order valence-electron chi connectivity index (χ3n) is 3.23. The van der Waals surface area contributed by atoms with Crippen molar-refractivity contribution in [3.8, 4) is 17.2 Å². The van der Waals surface area contributed by atoms with Crippen LogP contribution in [0.15, 0.2) is 36.4 Å². The van der Waals surface area contributed by atoms with E-state index in [9.17, 15) is 18.0 Å². The van der Waals surface area contributed by atoms with Gasteiger partial charge in [0.25, 0.3) is 5.91 Å². The van der Waals surface area contributed by atoms with Gasteiger partial charge in [-0.1, -0.05) is 0 Å². The molecule has 5 nitrogen and oxygen atoms in total. The smallest absolute Gasteiger partial charge is 0.422 e. The van der Waals surface area contributed by atoms with Gasteiger partial charge in [0.1, 0.15) is 5.75 Å². The molecule has 0 aliphatic heterocycles. The molecule has 0 unspecified atom stereocenters. The summed E-state index contributed by atoms with van der Waals surface area (Å²) in [5.74, 6) is 0.578. The molecule has 0 radical (unpaired) electrons. The summed E-state index contributed by atoms with van der Waals surface area (Å²) in [4.78, 5) is 12.5. The van der Waals surface area contributed by atoms with Crippen LogP contribution in [0.4, 0.5) is 18.9 Å². The number of amides is 1. The van der Waals surface area contributed by atoms with Crippen molar-refractivity contribution in [1.82, 2.24) is 0 Å². The first-order valence-electron chi connectivity index (χ1n) is 7.26. The number of halogens is 4. The molecule has 2 aromatic carbocycles. The second-order valence-corrected chi connectivity index (χ2v) is 6.23. The largest absolute Gasteiger partial charge is 0.493 e. The average molecular weight is 481 g/mol. The number of rotatable bonds is 6. The van der Waals surface area contributed by atoms with Crippen LogP contribution >= 0.6 is 22.6 Å². The molecule has 2 rings (SSSR count). The van der Waals surface area contributed by atoms with Crippen LogP contribution in [0, 0.1) is 3.57 Å². The van der Waals surface area contributed by atoms with Crippen LogP contribution in [0.2, 0.25) is 0 Å². The maximum atomic E-state index is 12.5. The molecule has 0 fully saturated rings. The lowest BCUT2D eigenvalue weighted by Gasteiger charge is -2.13. The van der Waals surface area contributed by atoms with Gasteiger partial charge in [0, 0.05) is 9.26 Å². The van der Waals surface area contributed by atoms with E-state index < -0.39 is 12.8 Å². The van der Waals surface area contributed by atoms with E-state index in [1.807, 2.05) is 22.6 Å². The lowest BCUT2D eigenvalue weighted by Crippen LogP contribution is -2.19. The molecule has 0 aliphatic rings. The Kier molecular flexibility index (Phi) is 6.57. The number of alkyl halides is 3. The average Bonchev–Trinajstić information content (AvgIpc) is 2.60. The molecule has 0 heterocycles. The zero-order valence-electron chi connectivity index (χ0n) is 13.8. The van der Waals surface area contributed by atoms with Crippen LogP contribution in [0.5, 0.6) is 17.2 Å². The van der Waals surface area contributed by atoms with Gasteiger partial charge in [-0.2, -0.15) is 13.2 Å². The molecular weight excluding hydrogens is 466 g/mol. The highest BCUT2D eigenvalue weighted by Gasteiger charge is 2.28. The van der Waals surface area contributed by atoms with Gasteiger partial charge in [-0.3, -0.25) is 4.79 Å². The first-order chi connectivity index (χ1) is 12.2. The minimum absolute atomic E-state index is 0.0565. The second-order valence-electron chi connectivity index (χ2n) is 5.07. The standard InChI is InChI=1S/C17H15F3INO4/c1-24-14-7-12(13(21)8-15(14)25-2)16(23)22-10-3-5-11(6-4-10)26-9-17(18,19)20/h3-8H,9H2,1-2H3,(H,22,23). The van der Waals surface area contributed by atoms with Gasteiger partial charge in [-0.05, 0) is 59.0 Å². The fraction of sp³-hybridized carbons (Fsp3) is 0.235. The molecule has 140 valence electrons. The molecule has 0 saturated carbocycles. The van der Waals surface area contributed by atoms with Crippen molar-refractivity contribution in [2.75, 3.05) is 26.1 Å². The fourth-order valence-corrected chi connectivity index (χ4v) is 2.71. The van der Waals surface area contributed by atoms with Gasteiger partial charge in [0.15, 0.2) is 18.1 Å². The van der Waals surface area contributed by atoms with Crippen molar-refractivity contribution in [2.24, 2.45) is 0 Å². The minimum Gasteiger partial charge on any atom is -0.493 e. The Hall–Kier alpha value is -2.17. The van der Waals surface area contributed by atoms with E-state index in [1.54, 1.807) is 12.1 Å². The third-order valence-corrected chi connectivity index (χ3v) is 4.13. The maximum absolute atomic E-state index is 12.5. The highest BCUT2D eigenvalue weighted by Crippen LogP contribution is 2.31. The van der Waals surface area contributed by atoms with Crippen molar-refractivity contribution in [3.05, 3.63) is 45.5 Å². The fourth-order valence-electron chi connectivity index (χ4n) is 2.03. The van der Waals surface area contributed by atoms with Crippen molar-refractivity contribution in [3.63, 3.8) is 0 Å². The first kappa shape index (κ1) is 20.1. The summed E-state index contributed by atoms with van der Waals surface area (Å²) in [7, 11) is 2.96. The number of methoxy groups -OCH3 is 2. The Morgan fingerprint density at radius 1 is 1.08 bits per heavy atom. The van der Waals surface area contributed by atoms with Crippen LogP contribution < -0.4 is 19.5 Å². The van der Waals surface area contributed by atoms with Crippen LogP contribution in [0.25, 0.3) is 0 Å². The third kappa shape index (κ3) is 5.41. The summed E-state index contributed by atoms with van der Waals surface area (Å²) >= 11 is 2.00. The highest BCUT2D eigenvalue weighted by atomic mass is 127. The van der Waals surface area contributed by atoms with E-state index >= 15 is 0 Å². The Labute approximate surface area is 161 Å². The normalized spacial score (nSPS) is 11.0. The van der Waals surface area contributed by atoms with E-state index in [-0.39, 0.29) is 11.7 Å². The summed E-state index contributed by atoms with van der Waals surface area (Å²) in [5.41, 5.74) is 0.792. The predicted molar refractivity (Wildman–Crippen MR) is 98.2 cm³/mol. The quantitative estimate of drug-likeness (QED) is 0.618. The van der Waals surface area contributed by atoms with Crippen molar-refractivity contribution in [1.29, 1.82) is 0 Å². The monoisotopic (exact) mass is 481 g/mol. The summed E-state index contributed by atoms with van der Waals surface area (Å²) in [6.45, 7) is -1.37. The number of carbonyl (C=O) groups is 1. The van der Waals surface area contributed by atoms with E-state index in [4.69, 9.17) is 9.47 Å². The van der Waals surface area contributed by atoms with Gasteiger partial charge in [-0.15, -0.1) is 0 Å². The number of anilines is 1. The van der Waals surface area contributed by atoms with Gasteiger partial charge >= 0.3 is 6.18 Å². The Bertz CT molecular complexity index is 779. The summed E-state index contributed by atoms with van der Waals surface area (Å²) < 4.78 is 52.0. The molecule has 2 aromatic rings. The van der Waals surface area contributed by atoms with E-state index in [0.29, 0.717) is 26.3 Å². The highest BCUT2D eigenvalue weighted by molar-refractivity contribution is 14.1. The van der Waals surface area contributed by atoms with Gasteiger partial charge < -0.3 is 19.5 Å². The molecule has 0 aliphatic carbocycles. The zero-order valence-corrected chi connectivity index (χ0v) is 16.0. The molecule has 1 N–H and O–H groups in total. The van der Waals surface area contributed by atoms with Crippen LogP contribution in [0.3, 0.4) is 0 Å². The van der Waals surface area contributed by atoms with E-state index in [1.165, 1.54) is 38.5 Å².